The molecule has 0 saturated carbocycles. The van der Waals surface area contributed by atoms with Gasteiger partial charge < -0.3 is 5.32 Å². The second-order valence-corrected chi connectivity index (χ2v) is 3.60. The van der Waals surface area contributed by atoms with Crippen LogP contribution in [-0.4, -0.2) is 12.5 Å². The number of unbranched alkanes of at least 4 members (excludes halogenated alkanes) is 4. The zero-order valence-corrected chi connectivity index (χ0v) is 9.73. The van der Waals surface area contributed by atoms with E-state index >= 15 is 0 Å². The van der Waals surface area contributed by atoms with Gasteiger partial charge in [0.1, 0.15) is 0 Å². The van der Waals surface area contributed by atoms with Gasteiger partial charge in [0, 0.05) is 12.1 Å². The average molecular weight is 197 g/mol. The summed E-state index contributed by atoms with van der Waals surface area (Å²) in [6.07, 6.45) is 8.11. The van der Waals surface area contributed by atoms with Crippen molar-refractivity contribution in [3.63, 3.8) is 0 Å². The van der Waals surface area contributed by atoms with E-state index < -0.39 is 0 Å². The van der Waals surface area contributed by atoms with Crippen molar-refractivity contribution in [3.8, 4) is 0 Å². The first-order chi connectivity index (χ1) is 6.72. The Hall–Kier alpha value is -0.790. The predicted molar refractivity (Wildman–Crippen MR) is 61.2 cm³/mol. The molecule has 2 nitrogen and oxygen atoms in total. The minimum atomic E-state index is 0.0722. The number of hydrogen-bond donors (Lipinski definition) is 1. The third-order valence-corrected chi connectivity index (χ3v) is 2.20. The first-order valence-electron chi connectivity index (χ1n) is 5.67. The lowest BCUT2D eigenvalue weighted by Gasteiger charge is -2.01. The fourth-order valence-electron chi connectivity index (χ4n) is 1.28. The van der Waals surface area contributed by atoms with Crippen LogP contribution < -0.4 is 5.32 Å². The van der Waals surface area contributed by atoms with Crippen LogP contribution in [0.15, 0.2) is 11.6 Å². The molecule has 0 fully saturated rings. The van der Waals surface area contributed by atoms with Gasteiger partial charge in [-0.05, 0) is 26.7 Å². The number of likely N-dealkylation sites (N-methyl/N-ethyl adjacent to an activating group) is 1. The topological polar surface area (TPSA) is 29.1 Å². The third-order valence-electron chi connectivity index (χ3n) is 2.20. The molecule has 0 radical (unpaired) electrons. The van der Waals surface area contributed by atoms with E-state index in [0.717, 1.165) is 12.0 Å². The van der Waals surface area contributed by atoms with E-state index in [9.17, 15) is 4.79 Å². The summed E-state index contributed by atoms with van der Waals surface area (Å²) in [5.41, 5.74) is 0.850. The summed E-state index contributed by atoms with van der Waals surface area (Å²) in [6.45, 7) is 6.73. The molecule has 0 atom stereocenters. The summed E-state index contributed by atoms with van der Waals surface area (Å²) in [6, 6.07) is 0. The van der Waals surface area contributed by atoms with Crippen LogP contribution in [0.3, 0.4) is 0 Å². The maximum atomic E-state index is 11.3. The van der Waals surface area contributed by atoms with E-state index in [4.69, 9.17) is 0 Å². The number of nitrogens with one attached hydrogen (secondary N) is 1. The van der Waals surface area contributed by atoms with Crippen LogP contribution in [0.2, 0.25) is 0 Å². The zero-order valence-electron chi connectivity index (χ0n) is 9.73. The van der Waals surface area contributed by atoms with Gasteiger partial charge in [0.2, 0.25) is 5.91 Å². The Morgan fingerprint density at radius 2 is 1.93 bits per heavy atom. The number of hydrogen-bond acceptors (Lipinski definition) is 1. The molecule has 2 heteroatoms. The Morgan fingerprint density at radius 1 is 1.21 bits per heavy atom. The highest BCUT2D eigenvalue weighted by Crippen LogP contribution is 2.05. The molecular formula is C12H23NO. The number of carbonyl (C=O) groups is 1. The Kier molecular flexibility index (Phi) is 8.30. The van der Waals surface area contributed by atoms with E-state index in [1.165, 1.54) is 25.7 Å². The number of carbonyl (C=O) groups excluding carboxylic acids is 1. The molecule has 1 N–H and O–H groups in total. The van der Waals surface area contributed by atoms with Crippen LogP contribution >= 0.6 is 0 Å². The molecule has 0 aromatic carbocycles. The molecule has 0 heterocycles. The molecule has 14 heavy (non-hydrogen) atoms. The fraction of sp³-hybridized carbons (Fsp3) is 0.750. The molecule has 0 aliphatic rings. The lowest BCUT2D eigenvalue weighted by Crippen LogP contribution is -2.23. The molecule has 0 rings (SSSR count). The van der Waals surface area contributed by atoms with Gasteiger partial charge in [-0.25, -0.2) is 0 Å². The highest BCUT2D eigenvalue weighted by atomic mass is 16.1. The SMILES string of the molecule is CCCCCC/C=C(\C)C(=O)NCC. The van der Waals surface area contributed by atoms with Crippen molar-refractivity contribution >= 4 is 5.91 Å². The van der Waals surface area contributed by atoms with Crippen molar-refractivity contribution in [1.29, 1.82) is 0 Å². The summed E-state index contributed by atoms with van der Waals surface area (Å²) in [7, 11) is 0. The maximum absolute atomic E-state index is 11.3. The van der Waals surface area contributed by atoms with Gasteiger partial charge in [-0.2, -0.15) is 0 Å². The lowest BCUT2D eigenvalue weighted by atomic mass is 10.1. The smallest absolute Gasteiger partial charge is 0.246 e. The van der Waals surface area contributed by atoms with Gasteiger partial charge in [-0.1, -0.05) is 32.3 Å². The minimum Gasteiger partial charge on any atom is -0.353 e. The molecule has 0 aliphatic carbocycles. The highest BCUT2D eigenvalue weighted by Gasteiger charge is 1.99. The minimum absolute atomic E-state index is 0.0722. The monoisotopic (exact) mass is 197 g/mol. The zero-order chi connectivity index (χ0) is 10.8. The molecule has 0 aliphatic heterocycles. The Morgan fingerprint density at radius 3 is 2.50 bits per heavy atom. The largest absolute Gasteiger partial charge is 0.353 e. The molecule has 0 unspecified atom stereocenters. The first-order valence-corrected chi connectivity index (χ1v) is 5.67. The van der Waals surface area contributed by atoms with Gasteiger partial charge in [-0.3, -0.25) is 4.79 Å². The normalized spacial score (nSPS) is 11.5. The van der Waals surface area contributed by atoms with Crippen molar-refractivity contribution in [1.82, 2.24) is 5.32 Å². The molecule has 82 valence electrons. The number of allylic oxidation sites excluding steroid dienone is 1. The summed E-state index contributed by atoms with van der Waals surface area (Å²) in [5.74, 6) is 0.0722. The van der Waals surface area contributed by atoms with Crippen molar-refractivity contribution in [2.75, 3.05) is 6.54 Å². The van der Waals surface area contributed by atoms with Crippen molar-refractivity contribution < 1.29 is 4.79 Å². The predicted octanol–water partition coefficient (Wildman–Crippen LogP) is 3.04. The quantitative estimate of drug-likeness (QED) is 0.493. The lowest BCUT2D eigenvalue weighted by molar-refractivity contribution is -0.117. The van der Waals surface area contributed by atoms with E-state index in [1.807, 2.05) is 19.9 Å². The Balaban J connectivity index is 3.60. The first kappa shape index (κ1) is 13.2. The van der Waals surface area contributed by atoms with Gasteiger partial charge >= 0.3 is 0 Å². The Bertz CT molecular complexity index is 185. The van der Waals surface area contributed by atoms with Crippen LogP contribution in [-0.2, 0) is 4.79 Å². The van der Waals surface area contributed by atoms with E-state index in [-0.39, 0.29) is 5.91 Å². The summed E-state index contributed by atoms with van der Waals surface area (Å²) in [4.78, 5) is 11.3. The summed E-state index contributed by atoms with van der Waals surface area (Å²) < 4.78 is 0. The van der Waals surface area contributed by atoms with Gasteiger partial charge in [0.25, 0.3) is 0 Å². The van der Waals surface area contributed by atoms with Crippen LogP contribution in [0.4, 0.5) is 0 Å². The third kappa shape index (κ3) is 6.70. The second kappa shape index (κ2) is 8.79. The molecule has 0 spiro atoms. The number of rotatable bonds is 7. The standard InChI is InChI=1S/C12H23NO/c1-4-6-7-8-9-10-11(3)12(14)13-5-2/h10H,4-9H2,1-3H3,(H,13,14)/b11-10+. The molecule has 0 bridgehead atoms. The summed E-state index contributed by atoms with van der Waals surface area (Å²) >= 11 is 0. The molecule has 0 saturated heterocycles. The van der Waals surface area contributed by atoms with Gasteiger partial charge in [-0.15, -0.1) is 0 Å². The summed E-state index contributed by atoms with van der Waals surface area (Å²) in [5, 5.41) is 2.79. The van der Waals surface area contributed by atoms with Gasteiger partial charge in [0.05, 0.1) is 0 Å². The maximum Gasteiger partial charge on any atom is 0.246 e. The number of amides is 1. The fourth-order valence-corrected chi connectivity index (χ4v) is 1.28. The van der Waals surface area contributed by atoms with E-state index in [0.29, 0.717) is 6.54 Å². The van der Waals surface area contributed by atoms with Crippen LogP contribution in [0.1, 0.15) is 52.9 Å². The second-order valence-electron chi connectivity index (χ2n) is 3.60. The molecule has 0 aromatic heterocycles. The van der Waals surface area contributed by atoms with E-state index in [1.54, 1.807) is 0 Å². The van der Waals surface area contributed by atoms with Crippen molar-refractivity contribution in [2.45, 2.75) is 52.9 Å². The highest BCUT2D eigenvalue weighted by molar-refractivity contribution is 5.92. The van der Waals surface area contributed by atoms with Crippen LogP contribution in [0.25, 0.3) is 0 Å². The van der Waals surface area contributed by atoms with Crippen molar-refractivity contribution in [3.05, 3.63) is 11.6 Å². The average Bonchev–Trinajstić information content (AvgIpc) is 2.17. The van der Waals surface area contributed by atoms with E-state index in [2.05, 4.69) is 12.2 Å². The molecule has 0 aromatic rings. The van der Waals surface area contributed by atoms with Crippen molar-refractivity contribution in [2.24, 2.45) is 0 Å². The molecular weight excluding hydrogens is 174 g/mol. The van der Waals surface area contributed by atoms with Gasteiger partial charge in [0.15, 0.2) is 0 Å². The van der Waals surface area contributed by atoms with Crippen LogP contribution in [0.5, 0.6) is 0 Å². The molecule has 1 amide bonds. The Labute approximate surface area is 87.8 Å². The van der Waals surface area contributed by atoms with Crippen LogP contribution in [0, 0.1) is 0 Å².